The van der Waals surface area contributed by atoms with Crippen molar-refractivity contribution in [3.63, 3.8) is 0 Å². The van der Waals surface area contributed by atoms with Gasteiger partial charge >= 0.3 is 0 Å². The summed E-state index contributed by atoms with van der Waals surface area (Å²) in [5.74, 6) is 1.33. The predicted octanol–water partition coefficient (Wildman–Crippen LogP) is 2.77. The summed E-state index contributed by atoms with van der Waals surface area (Å²) in [7, 11) is 0. The van der Waals surface area contributed by atoms with Crippen LogP contribution < -0.4 is 5.32 Å². The molecule has 2 rings (SSSR count). The lowest BCUT2D eigenvalue weighted by atomic mass is 10.3. The SMILES string of the molecule is CCN(CC)Cc1ccc(C(=O)Nc2ccccn2)o1. The van der Waals surface area contributed by atoms with E-state index in [4.69, 9.17) is 4.42 Å². The normalized spacial score (nSPS) is 10.8. The minimum absolute atomic E-state index is 0.283. The predicted molar refractivity (Wildman–Crippen MR) is 77.5 cm³/mol. The van der Waals surface area contributed by atoms with Crippen LogP contribution in [0.4, 0.5) is 5.82 Å². The van der Waals surface area contributed by atoms with Gasteiger partial charge in [0, 0.05) is 6.20 Å². The highest BCUT2D eigenvalue weighted by atomic mass is 16.4. The van der Waals surface area contributed by atoms with Gasteiger partial charge in [-0.2, -0.15) is 0 Å². The third-order valence-corrected chi connectivity index (χ3v) is 3.07. The van der Waals surface area contributed by atoms with Crippen LogP contribution in [0, 0.1) is 0 Å². The van der Waals surface area contributed by atoms with Gasteiger partial charge in [-0.3, -0.25) is 9.69 Å². The summed E-state index contributed by atoms with van der Waals surface area (Å²) in [6, 6.07) is 8.88. The molecule has 0 bridgehead atoms. The summed E-state index contributed by atoms with van der Waals surface area (Å²) in [6.07, 6.45) is 1.63. The first kappa shape index (κ1) is 14.3. The summed E-state index contributed by atoms with van der Waals surface area (Å²) in [6.45, 7) is 6.81. The van der Waals surface area contributed by atoms with Gasteiger partial charge in [0.25, 0.3) is 5.91 Å². The van der Waals surface area contributed by atoms with E-state index >= 15 is 0 Å². The van der Waals surface area contributed by atoms with Crippen LogP contribution in [0.15, 0.2) is 40.9 Å². The molecule has 0 fully saturated rings. The molecule has 106 valence electrons. The highest BCUT2D eigenvalue weighted by Crippen LogP contribution is 2.12. The highest BCUT2D eigenvalue weighted by Gasteiger charge is 2.13. The monoisotopic (exact) mass is 273 g/mol. The van der Waals surface area contributed by atoms with E-state index in [9.17, 15) is 4.79 Å². The number of amides is 1. The number of nitrogens with zero attached hydrogens (tertiary/aromatic N) is 2. The summed E-state index contributed by atoms with van der Waals surface area (Å²) in [5, 5.41) is 2.70. The smallest absolute Gasteiger partial charge is 0.292 e. The van der Waals surface area contributed by atoms with Gasteiger partial charge in [0.15, 0.2) is 5.76 Å². The van der Waals surface area contributed by atoms with Gasteiger partial charge < -0.3 is 9.73 Å². The van der Waals surface area contributed by atoms with Crippen LogP contribution in [0.3, 0.4) is 0 Å². The molecular formula is C15H19N3O2. The van der Waals surface area contributed by atoms with Crippen molar-refractivity contribution in [1.29, 1.82) is 0 Å². The lowest BCUT2D eigenvalue weighted by Gasteiger charge is -2.15. The summed E-state index contributed by atoms with van der Waals surface area (Å²) in [5.41, 5.74) is 0. The molecule has 0 aliphatic rings. The average molecular weight is 273 g/mol. The molecule has 0 radical (unpaired) electrons. The third kappa shape index (κ3) is 3.68. The number of hydrogen-bond acceptors (Lipinski definition) is 4. The Bertz CT molecular complexity index is 547. The van der Waals surface area contributed by atoms with E-state index in [0.29, 0.717) is 18.1 Å². The zero-order valence-electron chi connectivity index (χ0n) is 11.8. The van der Waals surface area contributed by atoms with Gasteiger partial charge in [-0.05, 0) is 37.4 Å². The number of aromatic nitrogens is 1. The van der Waals surface area contributed by atoms with Gasteiger partial charge in [0.1, 0.15) is 11.6 Å². The van der Waals surface area contributed by atoms with Crippen LogP contribution in [-0.2, 0) is 6.54 Å². The Hall–Kier alpha value is -2.14. The van der Waals surface area contributed by atoms with Crippen LogP contribution in [0.2, 0.25) is 0 Å². The molecular weight excluding hydrogens is 254 g/mol. The van der Waals surface area contributed by atoms with Gasteiger partial charge in [0.05, 0.1) is 6.54 Å². The molecule has 5 nitrogen and oxygen atoms in total. The van der Waals surface area contributed by atoms with Crippen LogP contribution in [-0.4, -0.2) is 28.9 Å². The Balaban J connectivity index is 1.99. The first-order chi connectivity index (χ1) is 9.72. The van der Waals surface area contributed by atoms with Gasteiger partial charge in [0.2, 0.25) is 0 Å². The van der Waals surface area contributed by atoms with Crippen LogP contribution >= 0.6 is 0 Å². The molecule has 2 heterocycles. The van der Waals surface area contributed by atoms with Crippen molar-refractivity contribution in [2.24, 2.45) is 0 Å². The Morgan fingerprint density at radius 2 is 2.05 bits per heavy atom. The fraction of sp³-hybridized carbons (Fsp3) is 0.333. The van der Waals surface area contributed by atoms with E-state index in [1.165, 1.54) is 0 Å². The number of anilines is 1. The van der Waals surface area contributed by atoms with Crippen molar-refractivity contribution in [1.82, 2.24) is 9.88 Å². The van der Waals surface area contributed by atoms with Crippen molar-refractivity contribution in [3.05, 3.63) is 48.0 Å². The Morgan fingerprint density at radius 1 is 1.25 bits per heavy atom. The largest absolute Gasteiger partial charge is 0.455 e. The molecule has 0 atom stereocenters. The molecule has 0 saturated heterocycles. The lowest BCUT2D eigenvalue weighted by molar-refractivity contribution is 0.0992. The Morgan fingerprint density at radius 3 is 2.70 bits per heavy atom. The highest BCUT2D eigenvalue weighted by molar-refractivity contribution is 6.01. The van der Waals surface area contributed by atoms with Crippen molar-refractivity contribution in [2.75, 3.05) is 18.4 Å². The van der Waals surface area contributed by atoms with Crippen molar-refractivity contribution in [3.8, 4) is 0 Å². The van der Waals surface area contributed by atoms with E-state index in [-0.39, 0.29) is 5.91 Å². The lowest BCUT2D eigenvalue weighted by Crippen LogP contribution is -2.21. The maximum Gasteiger partial charge on any atom is 0.292 e. The van der Waals surface area contributed by atoms with E-state index < -0.39 is 0 Å². The first-order valence-corrected chi connectivity index (χ1v) is 6.76. The number of pyridine rings is 1. The van der Waals surface area contributed by atoms with Crippen molar-refractivity contribution < 1.29 is 9.21 Å². The van der Waals surface area contributed by atoms with Crippen molar-refractivity contribution >= 4 is 11.7 Å². The maximum absolute atomic E-state index is 12.0. The standard InChI is InChI=1S/C15H19N3O2/c1-3-18(4-2)11-12-8-9-13(20-12)15(19)17-14-7-5-6-10-16-14/h5-10H,3-4,11H2,1-2H3,(H,16,17,19). The van der Waals surface area contributed by atoms with E-state index in [1.54, 1.807) is 24.4 Å². The molecule has 0 unspecified atom stereocenters. The minimum atomic E-state index is -0.283. The molecule has 0 aliphatic heterocycles. The fourth-order valence-electron chi connectivity index (χ4n) is 1.87. The number of carbonyl (C=O) groups excluding carboxylic acids is 1. The van der Waals surface area contributed by atoms with E-state index in [2.05, 4.69) is 29.0 Å². The molecule has 0 aliphatic carbocycles. The van der Waals surface area contributed by atoms with Crippen LogP contribution in [0.5, 0.6) is 0 Å². The van der Waals surface area contributed by atoms with Crippen LogP contribution in [0.25, 0.3) is 0 Å². The van der Waals surface area contributed by atoms with E-state index in [1.807, 2.05) is 12.1 Å². The molecule has 20 heavy (non-hydrogen) atoms. The molecule has 0 aromatic carbocycles. The number of carbonyl (C=O) groups is 1. The zero-order chi connectivity index (χ0) is 14.4. The van der Waals surface area contributed by atoms with Crippen LogP contribution in [0.1, 0.15) is 30.2 Å². The Kier molecular flexibility index (Phi) is 4.90. The second-order valence-corrected chi connectivity index (χ2v) is 4.40. The molecule has 0 spiro atoms. The molecule has 2 aromatic heterocycles. The van der Waals surface area contributed by atoms with Gasteiger partial charge in [-0.1, -0.05) is 19.9 Å². The van der Waals surface area contributed by atoms with Gasteiger partial charge in [-0.25, -0.2) is 4.98 Å². The Labute approximate surface area is 118 Å². The van der Waals surface area contributed by atoms with E-state index in [0.717, 1.165) is 18.8 Å². The topological polar surface area (TPSA) is 58.4 Å². The second kappa shape index (κ2) is 6.86. The maximum atomic E-state index is 12.0. The number of rotatable bonds is 6. The second-order valence-electron chi connectivity index (χ2n) is 4.40. The van der Waals surface area contributed by atoms with Gasteiger partial charge in [-0.15, -0.1) is 0 Å². The minimum Gasteiger partial charge on any atom is -0.455 e. The summed E-state index contributed by atoms with van der Waals surface area (Å²) >= 11 is 0. The number of nitrogens with one attached hydrogen (secondary N) is 1. The molecule has 0 saturated carbocycles. The molecule has 5 heteroatoms. The summed E-state index contributed by atoms with van der Waals surface area (Å²) < 4.78 is 5.57. The summed E-state index contributed by atoms with van der Waals surface area (Å²) in [4.78, 5) is 18.3. The third-order valence-electron chi connectivity index (χ3n) is 3.07. The molecule has 1 amide bonds. The fourth-order valence-corrected chi connectivity index (χ4v) is 1.87. The number of hydrogen-bond donors (Lipinski definition) is 1. The average Bonchev–Trinajstić information content (AvgIpc) is 2.94. The quantitative estimate of drug-likeness (QED) is 0.879. The zero-order valence-corrected chi connectivity index (χ0v) is 11.8. The first-order valence-electron chi connectivity index (χ1n) is 6.76. The van der Waals surface area contributed by atoms with Crippen molar-refractivity contribution in [2.45, 2.75) is 20.4 Å². The molecule has 1 N–H and O–H groups in total. The molecule has 2 aromatic rings. The number of furan rings is 1.